The van der Waals surface area contributed by atoms with Crippen molar-refractivity contribution in [3.63, 3.8) is 0 Å². The predicted octanol–water partition coefficient (Wildman–Crippen LogP) is 2.85. The first-order chi connectivity index (χ1) is 11.4. The number of hydrogen-bond donors (Lipinski definition) is 2. The molecule has 0 spiro atoms. The number of amides is 1. The molecule has 0 aliphatic carbocycles. The molecule has 0 heterocycles. The highest BCUT2D eigenvalue weighted by atomic mass is 19.4. The SMILES string of the molecule is NC(Cc1ccccc1)C(NC(=O)Cc1ccccc1)C(F)(F)F. The van der Waals surface area contributed by atoms with Gasteiger partial charge >= 0.3 is 6.18 Å². The third kappa shape index (κ3) is 5.38. The molecule has 128 valence electrons. The molecule has 1 amide bonds. The van der Waals surface area contributed by atoms with Gasteiger partial charge in [-0.05, 0) is 17.5 Å². The van der Waals surface area contributed by atoms with E-state index in [4.69, 9.17) is 5.73 Å². The van der Waals surface area contributed by atoms with Crippen molar-refractivity contribution in [1.29, 1.82) is 0 Å². The summed E-state index contributed by atoms with van der Waals surface area (Å²) in [6, 6.07) is 13.9. The summed E-state index contributed by atoms with van der Waals surface area (Å²) < 4.78 is 39.8. The first-order valence-corrected chi connectivity index (χ1v) is 7.56. The smallest absolute Gasteiger partial charge is 0.343 e. The molecule has 0 aliphatic rings. The van der Waals surface area contributed by atoms with Crippen molar-refractivity contribution in [2.75, 3.05) is 0 Å². The lowest BCUT2D eigenvalue weighted by Crippen LogP contribution is -2.57. The maximum absolute atomic E-state index is 13.3. The van der Waals surface area contributed by atoms with Gasteiger partial charge in [-0.3, -0.25) is 4.79 Å². The van der Waals surface area contributed by atoms with Crippen molar-refractivity contribution in [2.24, 2.45) is 5.73 Å². The number of alkyl halides is 3. The van der Waals surface area contributed by atoms with Crippen molar-refractivity contribution in [2.45, 2.75) is 31.1 Å². The largest absolute Gasteiger partial charge is 0.410 e. The molecule has 2 aromatic carbocycles. The van der Waals surface area contributed by atoms with Crippen molar-refractivity contribution in [1.82, 2.24) is 5.32 Å². The molecule has 0 saturated carbocycles. The molecule has 0 saturated heterocycles. The van der Waals surface area contributed by atoms with Gasteiger partial charge in [-0.25, -0.2) is 0 Å². The molecule has 2 aromatic rings. The number of halogens is 3. The van der Waals surface area contributed by atoms with Gasteiger partial charge in [0.1, 0.15) is 6.04 Å². The van der Waals surface area contributed by atoms with Crippen molar-refractivity contribution in [3.05, 3.63) is 71.8 Å². The van der Waals surface area contributed by atoms with Gasteiger partial charge in [0.15, 0.2) is 0 Å². The number of nitrogens with two attached hydrogens (primary N) is 1. The Bertz CT molecular complexity index is 644. The van der Waals surface area contributed by atoms with Crippen LogP contribution in [-0.4, -0.2) is 24.2 Å². The van der Waals surface area contributed by atoms with Crippen LogP contribution in [0.1, 0.15) is 11.1 Å². The minimum atomic E-state index is -4.61. The van der Waals surface area contributed by atoms with E-state index < -0.39 is 24.2 Å². The Morgan fingerprint density at radius 1 is 0.958 bits per heavy atom. The van der Waals surface area contributed by atoms with Crippen LogP contribution < -0.4 is 11.1 Å². The van der Waals surface area contributed by atoms with Crippen molar-refractivity contribution >= 4 is 5.91 Å². The quantitative estimate of drug-likeness (QED) is 0.852. The van der Waals surface area contributed by atoms with Gasteiger partial charge in [-0.2, -0.15) is 13.2 Å². The van der Waals surface area contributed by atoms with E-state index in [-0.39, 0.29) is 12.8 Å². The van der Waals surface area contributed by atoms with Gasteiger partial charge in [-0.1, -0.05) is 60.7 Å². The zero-order valence-corrected chi connectivity index (χ0v) is 13.0. The van der Waals surface area contributed by atoms with Gasteiger partial charge in [0.25, 0.3) is 0 Å². The van der Waals surface area contributed by atoms with E-state index in [1.807, 2.05) is 5.32 Å². The summed E-state index contributed by atoms with van der Waals surface area (Å²) in [5.41, 5.74) is 7.08. The molecule has 24 heavy (non-hydrogen) atoms. The fraction of sp³-hybridized carbons (Fsp3) is 0.278. The van der Waals surface area contributed by atoms with Gasteiger partial charge in [0, 0.05) is 6.04 Å². The van der Waals surface area contributed by atoms with Crippen LogP contribution in [-0.2, 0) is 17.6 Å². The molecule has 0 aromatic heterocycles. The van der Waals surface area contributed by atoms with Crippen molar-refractivity contribution in [3.8, 4) is 0 Å². The number of rotatable bonds is 6. The molecule has 2 unspecified atom stereocenters. The summed E-state index contributed by atoms with van der Waals surface area (Å²) in [5, 5.41) is 2.04. The van der Waals surface area contributed by atoms with E-state index >= 15 is 0 Å². The number of nitrogens with one attached hydrogen (secondary N) is 1. The second-order valence-electron chi connectivity index (χ2n) is 5.60. The van der Waals surface area contributed by atoms with Gasteiger partial charge in [0.2, 0.25) is 5.91 Å². The lowest BCUT2D eigenvalue weighted by molar-refractivity contribution is -0.165. The van der Waals surface area contributed by atoms with Crippen LogP contribution in [0.15, 0.2) is 60.7 Å². The average Bonchev–Trinajstić information content (AvgIpc) is 2.53. The molecule has 2 atom stereocenters. The standard InChI is InChI=1S/C18H19F3N2O/c19-18(20,21)17(15(22)11-13-7-3-1-4-8-13)23-16(24)12-14-9-5-2-6-10-14/h1-10,15,17H,11-12,22H2,(H,23,24). The fourth-order valence-corrected chi connectivity index (χ4v) is 2.44. The highest BCUT2D eigenvalue weighted by Gasteiger charge is 2.44. The van der Waals surface area contributed by atoms with E-state index in [1.54, 1.807) is 60.7 Å². The van der Waals surface area contributed by atoms with E-state index in [9.17, 15) is 18.0 Å². The zero-order valence-electron chi connectivity index (χ0n) is 13.0. The van der Waals surface area contributed by atoms with E-state index in [0.717, 1.165) is 0 Å². The summed E-state index contributed by atoms with van der Waals surface area (Å²) >= 11 is 0. The third-order valence-electron chi connectivity index (χ3n) is 3.62. The molecule has 0 bridgehead atoms. The second-order valence-corrected chi connectivity index (χ2v) is 5.60. The van der Waals surface area contributed by atoms with E-state index in [2.05, 4.69) is 0 Å². The maximum atomic E-state index is 13.3. The normalized spacial score (nSPS) is 14.0. The van der Waals surface area contributed by atoms with Crippen LogP contribution in [0.5, 0.6) is 0 Å². The minimum Gasteiger partial charge on any atom is -0.343 e. The second kappa shape index (κ2) is 7.97. The van der Waals surface area contributed by atoms with Gasteiger partial charge < -0.3 is 11.1 Å². The Hall–Kier alpha value is -2.34. The van der Waals surface area contributed by atoms with E-state index in [1.165, 1.54) is 0 Å². The lowest BCUT2D eigenvalue weighted by atomic mass is 9.99. The van der Waals surface area contributed by atoms with Gasteiger partial charge in [0.05, 0.1) is 6.42 Å². The lowest BCUT2D eigenvalue weighted by Gasteiger charge is -2.27. The zero-order chi connectivity index (χ0) is 17.6. The number of benzene rings is 2. The number of carbonyl (C=O) groups is 1. The Kier molecular flexibility index (Phi) is 5.98. The van der Waals surface area contributed by atoms with Crippen LogP contribution >= 0.6 is 0 Å². The van der Waals surface area contributed by atoms with Crippen LogP contribution in [0, 0.1) is 0 Å². The molecule has 3 N–H and O–H groups in total. The Labute approximate surface area is 138 Å². The highest BCUT2D eigenvalue weighted by Crippen LogP contribution is 2.23. The van der Waals surface area contributed by atoms with Crippen LogP contribution in [0.25, 0.3) is 0 Å². The molecule has 6 heteroatoms. The monoisotopic (exact) mass is 336 g/mol. The molecule has 0 fully saturated rings. The van der Waals surface area contributed by atoms with Crippen molar-refractivity contribution < 1.29 is 18.0 Å². The van der Waals surface area contributed by atoms with Crippen LogP contribution in [0.4, 0.5) is 13.2 Å². The summed E-state index contributed by atoms with van der Waals surface area (Å²) in [7, 11) is 0. The Morgan fingerprint density at radius 3 is 1.96 bits per heavy atom. The summed E-state index contributed by atoms with van der Waals surface area (Å²) in [6.45, 7) is 0. The van der Waals surface area contributed by atoms with Gasteiger partial charge in [-0.15, -0.1) is 0 Å². The Balaban J connectivity index is 2.04. The molecule has 0 aliphatic heterocycles. The summed E-state index contributed by atoms with van der Waals surface area (Å²) in [4.78, 5) is 12.0. The minimum absolute atomic E-state index is 0.0244. The molecular formula is C18H19F3N2O. The Morgan fingerprint density at radius 2 is 1.46 bits per heavy atom. The maximum Gasteiger partial charge on any atom is 0.410 e. The first kappa shape index (κ1) is 18.0. The van der Waals surface area contributed by atoms with Crippen LogP contribution in [0.3, 0.4) is 0 Å². The fourth-order valence-electron chi connectivity index (χ4n) is 2.44. The van der Waals surface area contributed by atoms with E-state index in [0.29, 0.717) is 11.1 Å². The summed E-state index contributed by atoms with van der Waals surface area (Å²) in [5.74, 6) is -0.702. The predicted molar refractivity (Wildman–Crippen MR) is 86.3 cm³/mol. The molecular weight excluding hydrogens is 317 g/mol. The number of hydrogen-bond acceptors (Lipinski definition) is 2. The highest BCUT2D eigenvalue weighted by molar-refractivity contribution is 5.79. The summed E-state index contributed by atoms with van der Waals surface area (Å²) in [6.07, 6.45) is -4.71. The molecule has 3 nitrogen and oxygen atoms in total. The molecule has 2 rings (SSSR count). The first-order valence-electron chi connectivity index (χ1n) is 7.56. The van der Waals surface area contributed by atoms with Crippen LogP contribution in [0.2, 0.25) is 0 Å². The topological polar surface area (TPSA) is 55.1 Å². The third-order valence-corrected chi connectivity index (χ3v) is 3.62. The number of carbonyl (C=O) groups excluding carboxylic acids is 1. The average molecular weight is 336 g/mol. The molecule has 0 radical (unpaired) electrons.